The van der Waals surface area contributed by atoms with Gasteiger partial charge in [0.25, 0.3) is 5.91 Å². The molecule has 0 radical (unpaired) electrons. The number of nitrogens with zero attached hydrogens (tertiary/aromatic N) is 4. The van der Waals surface area contributed by atoms with E-state index in [2.05, 4.69) is 32.3 Å². The van der Waals surface area contributed by atoms with Gasteiger partial charge in [-0.25, -0.2) is 4.98 Å². The third kappa shape index (κ3) is 4.01. The normalized spacial score (nSPS) is 13.7. The number of aromatic nitrogens is 4. The standard InChI is InChI=1S/C28H23N5O2/c1-18-4-2-5-22(16-18)27-32-31-26(35-27)20-7-9-21(10-8-20)28(34)33-14-11-19(12-15-33)24-17-30-25-23(24)6-3-13-29-25/h2-11,13,16-17H,12,14-15H2,1H3,(H,29,30). The first-order valence-corrected chi connectivity index (χ1v) is 11.6. The number of aryl methyl sites for hydroxylation is 1. The van der Waals surface area contributed by atoms with Gasteiger partial charge in [0.2, 0.25) is 11.8 Å². The number of fused-ring (bicyclic) bond motifs is 1. The number of carbonyl (C=O) groups is 1. The van der Waals surface area contributed by atoms with Crippen LogP contribution in [0.25, 0.3) is 39.5 Å². The van der Waals surface area contributed by atoms with Crippen LogP contribution < -0.4 is 0 Å². The summed E-state index contributed by atoms with van der Waals surface area (Å²) in [5.74, 6) is 0.920. The predicted molar refractivity (Wildman–Crippen MR) is 134 cm³/mol. The molecule has 0 aliphatic carbocycles. The fourth-order valence-corrected chi connectivity index (χ4v) is 4.49. The molecule has 0 saturated carbocycles. The Morgan fingerprint density at radius 3 is 2.60 bits per heavy atom. The van der Waals surface area contributed by atoms with Crippen LogP contribution >= 0.6 is 0 Å². The van der Waals surface area contributed by atoms with Gasteiger partial charge in [-0.05, 0) is 67.4 Å². The first-order valence-electron chi connectivity index (χ1n) is 11.6. The van der Waals surface area contributed by atoms with Crippen molar-refractivity contribution >= 4 is 22.5 Å². The number of nitrogens with one attached hydrogen (secondary N) is 1. The Morgan fingerprint density at radius 2 is 1.83 bits per heavy atom. The molecular formula is C28H23N5O2. The number of aromatic amines is 1. The van der Waals surface area contributed by atoms with Gasteiger partial charge in [-0.15, -0.1) is 10.2 Å². The number of hydrogen-bond donors (Lipinski definition) is 1. The molecule has 1 aliphatic rings. The molecule has 5 aromatic rings. The number of rotatable bonds is 4. The Hall–Kier alpha value is -4.52. The second-order valence-corrected chi connectivity index (χ2v) is 8.69. The van der Waals surface area contributed by atoms with Gasteiger partial charge in [0, 0.05) is 53.1 Å². The molecule has 1 N–H and O–H groups in total. The highest BCUT2D eigenvalue weighted by atomic mass is 16.4. The van der Waals surface area contributed by atoms with Crippen LogP contribution in [-0.2, 0) is 0 Å². The average molecular weight is 462 g/mol. The smallest absolute Gasteiger partial charge is 0.254 e. The van der Waals surface area contributed by atoms with Crippen molar-refractivity contribution in [2.75, 3.05) is 13.1 Å². The molecule has 1 aliphatic heterocycles. The maximum Gasteiger partial charge on any atom is 0.254 e. The molecule has 0 unspecified atom stereocenters. The van der Waals surface area contributed by atoms with Crippen LogP contribution in [0, 0.1) is 6.92 Å². The zero-order valence-corrected chi connectivity index (χ0v) is 19.2. The first-order chi connectivity index (χ1) is 17.2. The van der Waals surface area contributed by atoms with E-state index in [0.29, 0.717) is 30.4 Å². The Labute approximate surface area is 202 Å². The van der Waals surface area contributed by atoms with Crippen LogP contribution in [0.2, 0.25) is 0 Å². The van der Waals surface area contributed by atoms with E-state index in [1.165, 1.54) is 5.57 Å². The third-order valence-electron chi connectivity index (χ3n) is 6.36. The number of carbonyl (C=O) groups excluding carboxylic acids is 1. The van der Waals surface area contributed by atoms with Gasteiger partial charge >= 0.3 is 0 Å². The maximum atomic E-state index is 13.1. The Balaban J connectivity index is 1.16. The summed E-state index contributed by atoms with van der Waals surface area (Å²) < 4.78 is 5.87. The molecule has 172 valence electrons. The van der Waals surface area contributed by atoms with Crippen molar-refractivity contribution in [1.29, 1.82) is 0 Å². The second-order valence-electron chi connectivity index (χ2n) is 8.69. The lowest BCUT2D eigenvalue weighted by Gasteiger charge is -2.26. The molecular weight excluding hydrogens is 438 g/mol. The predicted octanol–water partition coefficient (Wildman–Crippen LogP) is 5.52. The minimum Gasteiger partial charge on any atom is -0.416 e. The van der Waals surface area contributed by atoms with Crippen molar-refractivity contribution in [2.24, 2.45) is 0 Å². The van der Waals surface area contributed by atoms with Crippen molar-refractivity contribution < 1.29 is 9.21 Å². The Bertz CT molecular complexity index is 1560. The number of pyridine rings is 1. The molecule has 3 aromatic heterocycles. The molecule has 6 rings (SSSR count). The van der Waals surface area contributed by atoms with Gasteiger partial charge in [-0.2, -0.15) is 0 Å². The third-order valence-corrected chi connectivity index (χ3v) is 6.36. The van der Waals surface area contributed by atoms with Gasteiger partial charge in [0.15, 0.2) is 0 Å². The van der Waals surface area contributed by atoms with Crippen molar-refractivity contribution in [1.82, 2.24) is 25.1 Å². The van der Waals surface area contributed by atoms with Gasteiger partial charge in [-0.1, -0.05) is 23.8 Å². The largest absolute Gasteiger partial charge is 0.416 e. The maximum absolute atomic E-state index is 13.1. The molecule has 0 atom stereocenters. The van der Waals surface area contributed by atoms with E-state index in [4.69, 9.17) is 4.42 Å². The van der Waals surface area contributed by atoms with Crippen LogP contribution in [0.1, 0.15) is 27.9 Å². The topological polar surface area (TPSA) is 87.9 Å². The fraction of sp³-hybridized carbons (Fsp3) is 0.143. The number of amides is 1. The average Bonchev–Trinajstić information content (AvgIpc) is 3.57. The van der Waals surface area contributed by atoms with Crippen molar-refractivity contribution in [3.8, 4) is 22.9 Å². The molecule has 7 nitrogen and oxygen atoms in total. The molecule has 7 heteroatoms. The summed E-state index contributed by atoms with van der Waals surface area (Å²) in [5, 5.41) is 9.47. The van der Waals surface area contributed by atoms with Gasteiger partial charge in [0.05, 0.1) is 0 Å². The first kappa shape index (κ1) is 21.0. The molecule has 4 heterocycles. The number of H-pyrrole nitrogens is 1. The van der Waals surface area contributed by atoms with Crippen LogP contribution in [0.15, 0.2) is 83.6 Å². The zero-order chi connectivity index (χ0) is 23.8. The van der Waals surface area contributed by atoms with E-state index in [1.54, 1.807) is 6.20 Å². The van der Waals surface area contributed by atoms with Gasteiger partial charge in [0.1, 0.15) is 5.65 Å². The molecule has 0 bridgehead atoms. The second kappa shape index (κ2) is 8.68. The number of hydrogen-bond acceptors (Lipinski definition) is 5. The molecule has 0 fully saturated rings. The summed E-state index contributed by atoms with van der Waals surface area (Å²) in [6.07, 6.45) is 6.72. The fourth-order valence-electron chi connectivity index (χ4n) is 4.49. The van der Waals surface area contributed by atoms with Crippen LogP contribution in [0.4, 0.5) is 0 Å². The minimum absolute atomic E-state index is 0.0124. The lowest BCUT2D eigenvalue weighted by Crippen LogP contribution is -2.34. The molecule has 2 aromatic carbocycles. The molecule has 35 heavy (non-hydrogen) atoms. The molecule has 0 spiro atoms. The van der Waals surface area contributed by atoms with Gasteiger partial charge in [-0.3, -0.25) is 4.79 Å². The monoisotopic (exact) mass is 461 g/mol. The van der Waals surface area contributed by atoms with E-state index < -0.39 is 0 Å². The highest BCUT2D eigenvalue weighted by Crippen LogP contribution is 2.29. The molecule has 1 amide bonds. The minimum atomic E-state index is 0.0124. The summed E-state index contributed by atoms with van der Waals surface area (Å²) in [7, 11) is 0. The Morgan fingerprint density at radius 1 is 1.00 bits per heavy atom. The highest BCUT2D eigenvalue weighted by Gasteiger charge is 2.21. The lowest BCUT2D eigenvalue weighted by atomic mass is 9.99. The summed E-state index contributed by atoms with van der Waals surface area (Å²) >= 11 is 0. The van der Waals surface area contributed by atoms with Gasteiger partial charge < -0.3 is 14.3 Å². The zero-order valence-electron chi connectivity index (χ0n) is 19.2. The van der Waals surface area contributed by atoms with E-state index >= 15 is 0 Å². The van der Waals surface area contributed by atoms with Crippen LogP contribution in [-0.4, -0.2) is 44.1 Å². The van der Waals surface area contributed by atoms with Crippen molar-refractivity contribution in [3.05, 3.63) is 95.8 Å². The van der Waals surface area contributed by atoms with Crippen LogP contribution in [0.5, 0.6) is 0 Å². The van der Waals surface area contributed by atoms with Crippen LogP contribution in [0.3, 0.4) is 0 Å². The summed E-state index contributed by atoms with van der Waals surface area (Å²) in [6, 6.07) is 19.3. The van der Waals surface area contributed by atoms with Crippen molar-refractivity contribution in [3.63, 3.8) is 0 Å². The van der Waals surface area contributed by atoms with Crippen molar-refractivity contribution in [2.45, 2.75) is 13.3 Å². The SMILES string of the molecule is Cc1cccc(-c2nnc(-c3ccc(C(=O)N4CC=C(c5c[nH]c6ncccc56)CC4)cc3)o2)c1. The highest BCUT2D eigenvalue weighted by molar-refractivity contribution is 5.96. The van der Waals surface area contributed by atoms with E-state index in [0.717, 1.165) is 39.7 Å². The lowest BCUT2D eigenvalue weighted by molar-refractivity contribution is 0.0773. The summed E-state index contributed by atoms with van der Waals surface area (Å²) in [4.78, 5) is 22.6. The van der Waals surface area contributed by atoms with E-state index in [-0.39, 0.29) is 5.91 Å². The van der Waals surface area contributed by atoms with E-state index in [1.807, 2.05) is 72.6 Å². The van der Waals surface area contributed by atoms with E-state index in [9.17, 15) is 4.79 Å². The Kier molecular flexibility index (Phi) is 5.22. The molecule has 0 saturated heterocycles. The quantitative estimate of drug-likeness (QED) is 0.381. The summed E-state index contributed by atoms with van der Waals surface area (Å²) in [5.41, 5.74) is 6.72. The summed E-state index contributed by atoms with van der Waals surface area (Å²) in [6.45, 7) is 3.27. The number of benzene rings is 2.